The molecule has 0 spiro atoms. The van der Waals surface area contributed by atoms with E-state index in [9.17, 15) is 9.59 Å². The van der Waals surface area contributed by atoms with E-state index >= 15 is 0 Å². The van der Waals surface area contributed by atoms with Gasteiger partial charge in [-0.05, 0) is 32.8 Å². The average molecular weight is 327 g/mol. The molecular formula is C11H13N5O3S2. The van der Waals surface area contributed by atoms with Crippen LogP contribution in [-0.4, -0.2) is 54.9 Å². The van der Waals surface area contributed by atoms with Crippen LogP contribution in [0.1, 0.15) is 5.56 Å². The van der Waals surface area contributed by atoms with Crippen LogP contribution in [0.25, 0.3) is 0 Å². The number of aromatic nitrogens is 4. The molecule has 0 radical (unpaired) electrons. The van der Waals surface area contributed by atoms with Crippen LogP contribution >= 0.6 is 23.1 Å². The Bertz CT molecular complexity index is 613. The second kappa shape index (κ2) is 7.18. The molecule has 0 saturated carbocycles. The zero-order valence-corrected chi connectivity index (χ0v) is 12.8. The molecule has 2 aromatic heterocycles. The van der Waals surface area contributed by atoms with Crippen molar-refractivity contribution in [1.29, 1.82) is 0 Å². The van der Waals surface area contributed by atoms with Crippen molar-refractivity contribution in [3.05, 3.63) is 22.4 Å². The number of aliphatic carboxylic acids is 1. The highest BCUT2D eigenvalue weighted by atomic mass is 32.2. The highest BCUT2D eigenvalue weighted by molar-refractivity contribution is 7.99. The summed E-state index contributed by atoms with van der Waals surface area (Å²) in [6, 6.07) is 1.97. The van der Waals surface area contributed by atoms with Gasteiger partial charge in [-0.3, -0.25) is 9.59 Å². The van der Waals surface area contributed by atoms with Gasteiger partial charge in [-0.1, -0.05) is 11.8 Å². The lowest BCUT2D eigenvalue weighted by Crippen LogP contribution is -2.27. The molecule has 2 aromatic rings. The van der Waals surface area contributed by atoms with Crippen LogP contribution in [0.15, 0.2) is 22.0 Å². The van der Waals surface area contributed by atoms with E-state index in [0.29, 0.717) is 11.7 Å². The molecule has 0 bridgehead atoms. The molecule has 2 heterocycles. The number of amides is 1. The first-order valence-electron chi connectivity index (χ1n) is 5.92. The van der Waals surface area contributed by atoms with Crippen LogP contribution in [0, 0.1) is 0 Å². The van der Waals surface area contributed by atoms with Gasteiger partial charge in [0.25, 0.3) is 0 Å². The third-order valence-corrected chi connectivity index (χ3v) is 4.21. The lowest BCUT2D eigenvalue weighted by atomic mass is 10.3. The van der Waals surface area contributed by atoms with Gasteiger partial charge in [0.2, 0.25) is 11.1 Å². The van der Waals surface area contributed by atoms with Crippen LogP contribution in [0.2, 0.25) is 0 Å². The smallest absolute Gasteiger partial charge is 0.325 e. The van der Waals surface area contributed by atoms with Crippen molar-refractivity contribution in [2.45, 2.75) is 18.2 Å². The molecular weight excluding hydrogens is 314 g/mol. The molecule has 1 amide bonds. The highest BCUT2D eigenvalue weighted by Crippen LogP contribution is 2.15. The molecule has 0 aliphatic carbocycles. The van der Waals surface area contributed by atoms with Gasteiger partial charge in [-0.15, -0.1) is 5.10 Å². The predicted molar refractivity (Wildman–Crippen MR) is 77.0 cm³/mol. The third-order valence-electron chi connectivity index (χ3n) is 2.53. The van der Waals surface area contributed by atoms with E-state index in [1.807, 2.05) is 16.8 Å². The average Bonchev–Trinajstić information content (AvgIpc) is 3.07. The van der Waals surface area contributed by atoms with Crippen molar-refractivity contribution in [3.63, 3.8) is 0 Å². The second-order valence-corrected chi connectivity index (χ2v) is 5.91. The molecule has 0 unspecified atom stereocenters. The molecule has 0 atom stereocenters. The summed E-state index contributed by atoms with van der Waals surface area (Å²) in [6.07, 6.45) is 0. The van der Waals surface area contributed by atoms with Gasteiger partial charge in [0.1, 0.15) is 6.54 Å². The summed E-state index contributed by atoms with van der Waals surface area (Å²) >= 11 is 2.70. The van der Waals surface area contributed by atoms with Gasteiger partial charge in [0.05, 0.1) is 5.75 Å². The van der Waals surface area contributed by atoms with Crippen molar-refractivity contribution in [3.8, 4) is 0 Å². The Morgan fingerprint density at radius 1 is 1.52 bits per heavy atom. The maximum atomic E-state index is 12.0. The molecule has 2 rings (SSSR count). The number of thiophene rings is 1. The molecule has 21 heavy (non-hydrogen) atoms. The summed E-state index contributed by atoms with van der Waals surface area (Å²) < 4.78 is 1.15. The van der Waals surface area contributed by atoms with Gasteiger partial charge >= 0.3 is 5.97 Å². The number of nitrogens with zero attached hydrogens (tertiary/aromatic N) is 5. The number of hydrogen-bond donors (Lipinski definition) is 1. The molecule has 10 heteroatoms. The SMILES string of the molecule is CN(Cc1ccsc1)C(=O)CSc1nnnn1CC(=O)O. The Balaban J connectivity index is 1.86. The number of carboxylic acid groups (broad SMARTS) is 1. The summed E-state index contributed by atoms with van der Waals surface area (Å²) in [5, 5.41) is 23.7. The number of carbonyl (C=O) groups excluding carboxylic acids is 1. The third kappa shape index (κ3) is 4.53. The quantitative estimate of drug-likeness (QED) is 0.742. The minimum atomic E-state index is -1.04. The maximum absolute atomic E-state index is 12.0. The summed E-state index contributed by atoms with van der Waals surface area (Å²) in [4.78, 5) is 24.3. The summed E-state index contributed by atoms with van der Waals surface area (Å²) in [5.41, 5.74) is 1.08. The van der Waals surface area contributed by atoms with Crippen LogP contribution in [0.4, 0.5) is 0 Å². The van der Waals surface area contributed by atoms with Gasteiger partial charge in [-0.25, -0.2) is 4.68 Å². The van der Waals surface area contributed by atoms with E-state index in [1.165, 1.54) is 0 Å². The van der Waals surface area contributed by atoms with E-state index in [-0.39, 0.29) is 18.2 Å². The Hall–Kier alpha value is -1.94. The summed E-state index contributed by atoms with van der Waals surface area (Å²) in [6.45, 7) is 0.219. The molecule has 0 aliphatic rings. The highest BCUT2D eigenvalue weighted by Gasteiger charge is 2.14. The lowest BCUT2D eigenvalue weighted by Gasteiger charge is -2.15. The maximum Gasteiger partial charge on any atom is 0.325 e. The van der Waals surface area contributed by atoms with Gasteiger partial charge in [-0.2, -0.15) is 11.3 Å². The molecule has 0 saturated heterocycles. The zero-order valence-electron chi connectivity index (χ0n) is 11.2. The van der Waals surface area contributed by atoms with Crippen molar-refractivity contribution in [2.75, 3.05) is 12.8 Å². The van der Waals surface area contributed by atoms with Crippen molar-refractivity contribution in [1.82, 2.24) is 25.1 Å². The fourth-order valence-corrected chi connectivity index (χ4v) is 2.99. The standard InChI is InChI=1S/C11H13N5O3S2/c1-15(4-8-2-3-20-6-8)9(17)7-21-11-12-13-14-16(11)5-10(18)19/h2-3,6H,4-5,7H2,1H3,(H,18,19). The number of carbonyl (C=O) groups is 2. The van der Waals surface area contributed by atoms with Crippen LogP contribution < -0.4 is 0 Å². The molecule has 0 aromatic carbocycles. The zero-order chi connectivity index (χ0) is 15.2. The minimum Gasteiger partial charge on any atom is -0.480 e. The lowest BCUT2D eigenvalue weighted by molar-refractivity contribution is -0.138. The van der Waals surface area contributed by atoms with E-state index in [0.717, 1.165) is 22.0 Å². The molecule has 0 aliphatic heterocycles. The van der Waals surface area contributed by atoms with Gasteiger partial charge in [0.15, 0.2) is 0 Å². The Labute approximate surface area is 128 Å². The molecule has 1 N–H and O–H groups in total. The number of rotatable bonds is 7. The molecule has 0 fully saturated rings. The van der Waals surface area contributed by atoms with Crippen molar-refractivity contribution >= 4 is 35.0 Å². The van der Waals surface area contributed by atoms with Gasteiger partial charge in [0, 0.05) is 13.6 Å². The topological polar surface area (TPSA) is 101 Å². The minimum absolute atomic E-state index is 0.0731. The Morgan fingerprint density at radius 3 is 3.00 bits per heavy atom. The normalized spacial score (nSPS) is 10.5. The number of tetrazole rings is 1. The predicted octanol–water partition coefficient (Wildman–Crippen LogP) is 0.570. The number of thioether (sulfide) groups is 1. The van der Waals surface area contributed by atoms with Crippen molar-refractivity contribution < 1.29 is 14.7 Å². The van der Waals surface area contributed by atoms with Crippen LogP contribution in [-0.2, 0) is 22.7 Å². The summed E-state index contributed by atoms with van der Waals surface area (Å²) in [5.74, 6) is -0.957. The van der Waals surface area contributed by atoms with Gasteiger partial charge < -0.3 is 10.0 Å². The largest absolute Gasteiger partial charge is 0.480 e. The van der Waals surface area contributed by atoms with E-state index in [1.54, 1.807) is 23.3 Å². The monoisotopic (exact) mass is 327 g/mol. The Morgan fingerprint density at radius 2 is 2.33 bits per heavy atom. The molecule has 8 nitrogen and oxygen atoms in total. The molecule has 112 valence electrons. The number of carboxylic acids is 1. The van der Waals surface area contributed by atoms with Crippen molar-refractivity contribution in [2.24, 2.45) is 0 Å². The number of hydrogen-bond acceptors (Lipinski definition) is 7. The first-order valence-corrected chi connectivity index (χ1v) is 7.85. The first-order chi connectivity index (χ1) is 10.1. The van der Waals surface area contributed by atoms with Crippen LogP contribution in [0.3, 0.4) is 0 Å². The fraction of sp³-hybridized carbons (Fsp3) is 0.364. The Kier molecular flexibility index (Phi) is 5.28. The van der Waals surface area contributed by atoms with E-state index in [2.05, 4.69) is 15.5 Å². The van der Waals surface area contributed by atoms with E-state index in [4.69, 9.17) is 5.11 Å². The van der Waals surface area contributed by atoms with Crippen LogP contribution in [0.5, 0.6) is 0 Å². The second-order valence-electron chi connectivity index (χ2n) is 4.18. The summed E-state index contributed by atoms with van der Waals surface area (Å²) in [7, 11) is 1.72. The first kappa shape index (κ1) is 15.4. The van der Waals surface area contributed by atoms with E-state index < -0.39 is 5.97 Å². The fourth-order valence-electron chi connectivity index (χ4n) is 1.51.